The zero-order chi connectivity index (χ0) is 11.6. The second-order valence-electron chi connectivity index (χ2n) is 3.53. The van der Waals surface area contributed by atoms with E-state index in [1.165, 1.54) is 13.2 Å². The van der Waals surface area contributed by atoms with Crippen molar-refractivity contribution in [3.05, 3.63) is 29.1 Å². The highest BCUT2D eigenvalue weighted by Crippen LogP contribution is 2.27. The Balaban J connectivity index is 3.37. The van der Waals surface area contributed by atoms with E-state index in [1.54, 1.807) is 13.8 Å². The summed E-state index contributed by atoms with van der Waals surface area (Å²) in [6.45, 7) is 3.60. The van der Waals surface area contributed by atoms with E-state index in [4.69, 9.17) is 9.84 Å². The molecule has 0 aliphatic carbocycles. The van der Waals surface area contributed by atoms with Crippen LogP contribution in [0, 0.1) is 5.82 Å². The summed E-state index contributed by atoms with van der Waals surface area (Å²) in [5, 5.41) is 8.89. The van der Waals surface area contributed by atoms with Crippen molar-refractivity contribution >= 4 is 5.97 Å². The first-order valence-electron chi connectivity index (χ1n) is 4.58. The minimum atomic E-state index is -1.12. The fraction of sp³-hybridized carbons (Fsp3) is 0.364. The molecule has 0 aliphatic heterocycles. The lowest BCUT2D eigenvalue weighted by Gasteiger charge is -2.11. The SMILES string of the molecule is COc1cc(F)c(C(C)C)cc1C(=O)O. The van der Waals surface area contributed by atoms with E-state index in [2.05, 4.69) is 0 Å². The third-order valence-corrected chi connectivity index (χ3v) is 2.17. The zero-order valence-corrected chi connectivity index (χ0v) is 8.87. The molecule has 1 aromatic carbocycles. The van der Waals surface area contributed by atoms with Gasteiger partial charge in [0, 0.05) is 6.07 Å². The third kappa shape index (κ3) is 2.26. The topological polar surface area (TPSA) is 46.5 Å². The Morgan fingerprint density at radius 3 is 2.47 bits per heavy atom. The highest BCUT2D eigenvalue weighted by atomic mass is 19.1. The summed E-state index contributed by atoms with van der Waals surface area (Å²) in [5.74, 6) is -1.57. The lowest BCUT2D eigenvalue weighted by atomic mass is 9.99. The number of methoxy groups -OCH3 is 1. The molecule has 0 spiro atoms. The Morgan fingerprint density at radius 1 is 1.47 bits per heavy atom. The normalized spacial score (nSPS) is 10.5. The maximum Gasteiger partial charge on any atom is 0.339 e. The van der Waals surface area contributed by atoms with Crippen molar-refractivity contribution in [2.24, 2.45) is 0 Å². The maximum absolute atomic E-state index is 13.5. The van der Waals surface area contributed by atoms with Crippen LogP contribution >= 0.6 is 0 Å². The molecule has 1 N–H and O–H groups in total. The molecule has 0 heterocycles. The van der Waals surface area contributed by atoms with Crippen LogP contribution in [0.4, 0.5) is 4.39 Å². The fourth-order valence-corrected chi connectivity index (χ4v) is 1.35. The summed E-state index contributed by atoms with van der Waals surface area (Å²) in [7, 11) is 1.32. The van der Waals surface area contributed by atoms with E-state index in [1.807, 2.05) is 0 Å². The highest BCUT2D eigenvalue weighted by Gasteiger charge is 2.17. The van der Waals surface area contributed by atoms with Crippen LogP contribution in [0.1, 0.15) is 35.7 Å². The van der Waals surface area contributed by atoms with E-state index in [-0.39, 0.29) is 17.2 Å². The molecule has 82 valence electrons. The van der Waals surface area contributed by atoms with Crippen LogP contribution in [0.25, 0.3) is 0 Å². The minimum Gasteiger partial charge on any atom is -0.496 e. The first-order chi connectivity index (χ1) is 6.97. The average molecular weight is 212 g/mol. The molecule has 0 amide bonds. The molecule has 15 heavy (non-hydrogen) atoms. The molecule has 0 saturated carbocycles. The molecule has 0 bridgehead atoms. The van der Waals surface area contributed by atoms with Gasteiger partial charge in [-0.1, -0.05) is 13.8 Å². The Labute approximate surface area is 87.5 Å². The van der Waals surface area contributed by atoms with Crippen LogP contribution in [0.3, 0.4) is 0 Å². The molecule has 0 atom stereocenters. The Morgan fingerprint density at radius 2 is 2.07 bits per heavy atom. The second-order valence-corrected chi connectivity index (χ2v) is 3.53. The highest BCUT2D eigenvalue weighted by molar-refractivity contribution is 5.91. The summed E-state index contributed by atoms with van der Waals surface area (Å²) in [5.41, 5.74) is 0.371. The molecule has 1 aromatic rings. The van der Waals surface area contributed by atoms with Gasteiger partial charge in [0.25, 0.3) is 0 Å². The Kier molecular flexibility index (Phi) is 3.29. The van der Waals surface area contributed by atoms with Crippen molar-refractivity contribution in [2.75, 3.05) is 7.11 Å². The van der Waals surface area contributed by atoms with Gasteiger partial charge in [-0.05, 0) is 17.5 Å². The van der Waals surface area contributed by atoms with Gasteiger partial charge in [-0.15, -0.1) is 0 Å². The van der Waals surface area contributed by atoms with Crippen molar-refractivity contribution in [3.63, 3.8) is 0 Å². The van der Waals surface area contributed by atoms with Gasteiger partial charge in [0.2, 0.25) is 0 Å². The molecule has 1 rings (SSSR count). The van der Waals surface area contributed by atoms with Crippen molar-refractivity contribution in [3.8, 4) is 5.75 Å². The average Bonchev–Trinajstić information content (AvgIpc) is 2.16. The number of rotatable bonds is 3. The summed E-state index contributed by atoms with van der Waals surface area (Å²) in [6.07, 6.45) is 0. The van der Waals surface area contributed by atoms with Crippen molar-refractivity contribution in [1.29, 1.82) is 0 Å². The fourth-order valence-electron chi connectivity index (χ4n) is 1.35. The van der Waals surface area contributed by atoms with Gasteiger partial charge >= 0.3 is 5.97 Å². The van der Waals surface area contributed by atoms with Gasteiger partial charge in [-0.25, -0.2) is 9.18 Å². The predicted octanol–water partition coefficient (Wildman–Crippen LogP) is 2.66. The minimum absolute atomic E-state index is 0.0115. The van der Waals surface area contributed by atoms with E-state index >= 15 is 0 Å². The molecular weight excluding hydrogens is 199 g/mol. The number of aromatic carboxylic acids is 1. The summed E-state index contributed by atoms with van der Waals surface area (Å²) in [4.78, 5) is 10.9. The first kappa shape index (κ1) is 11.5. The van der Waals surface area contributed by atoms with E-state index in [0.29, 0.717) is 5.56 Å². The lowest BCUT2D eigenvalue weighted by Crippen LogP contribution is -2.04. The van der Waals surface area contributed by atoms with E-state index in [0.717, 1.165) is 6.07 Å². The predicted molar refractivity (Wildman–Crippen MR) is 54.0 cm³/mol. The van der Waals surface area contributed by atoms with Crippen molar-refractivity contribution < 1.29 is 19.0 Å². The van der Waals surface area contributed by atoms with Crippen LogP contribution in [0.5, 0.6) is 5.75 Å². The quantitative estimate of drug-likeness (QED) is 0.837. The van der Waals surface area contributed by atoms with Crippen LogP contribution in [-0.4, -0.2) is 18.2 Å². The molecular formula is C11H13FO3. The van der Waals surface area contributed by atoms with Crippen LogP contribution < -0.4 is 4.74 Å². The van der Waals surface area contributed by atoms with Gasteiger partial charge in [-0.3, -0.25) is 0 Å². The number of ether oxygens (including phenoxy) is 1. The van der Waals surface area contributed by atoms with E-state index < -0.39 is 11.8 Å². The smallest absolute Gasteiger partial charge is 0.339 e. The van der Waals surface area contributed by atoms with Crippen LogP contribution in [0.15, 0.2) is 12.1 Å². The van der Waals surface area contributed by atoms with E-state index in [9.17, 15) is 9.18 Å². The molecule has 0 radical (unpaired) electrons. The van der Waals surface area contributed by atoms with Gasteiger partial charge < -0.3 is 9.84 Å². The molecule has 0 unspecified atom stereocenters. The van der Waals surface area contributed by atoms with Gasteiger partial charge in [0.1, 0.15) is 17.1 Å². The molecule has 0 aliphatic rings. The number of carboxylic acid groups (broad SMARTS) is 1. The summed E-state index contributed by atoms with van der Waals surface area (Å²) in [6, 6.07) is 2.43. The number of hydrogen-bond donors (Lipinski definition) is 1. The van der Waals surface area contributed by atoms with Crippen LogP contribution in [-0.2, 0) is 0 Å². The molecule has 0 fully saturated rings. The largest absolute Gasteiger partial charge is 0.496 e. The standard InChI is InChI=1S/C11H13FO3/c1-6(2)7-4-8(11(13)14)10(15-3)5-9(7)12/h4-6H,1-3H3,(H,13,14). The molecule has 0 saturated heterocycles. The number of benzene rings is 1. The molecule has 0 aromatic heterocycles. The van der Waals surface area contributed by atoms with Crippen LogP contribution in [0.2, 0.25) is 0 Å². The lowest BCUT2D eigenvalue weighted by molar-refractivity contribution is 0.0693. The Bertz CT molecular complexity index is 386. The van der Waals surface area contributed by atoms with Gasteiger partial charge in [0.05, 0.1) is 7.11 Å². The first-order valence-corrected chi connectivity index (χ1v) is 4.58. The van der Waals surface area contributed by atoms with Crippen molar-refractivity contribution in [1.82, 2.24) is 0 Å². The Hall–Kier alpha value is -1.58. The number of hydrogen-bond acceptors (Lipinski definition) is 2. The number of carbonyl (C=O) groups is 1. The molecule has 3 nitrogen and oxygen atoms in total. The monoisotopic (exact) mass is 212 g/mol. The van der Waals surface area contributed by atoms with Gasteiger partial charge in [0.15, 0.2) is 0 Å². The van der Waals surface area contributed by atoms with Gasteiger partial charge in [-0.2, -0.15) is 0 Å². The number of halogens is 1. The molecule has 4 heteroatoms. The number of carboxylic acids is 1. The van der Waals surface area contributed by atoms with Crippen molar-refractivity contribution in [2.45, 2.75) is 19.8 Å². The zero-order valence-electron chi connectivity index (χ0n) is 8.87. The summed E-state index contributed by atoms with van der Waals surface area (Å²) >= 11 is 0. The summed E-state index contributed by atoms with van der Waals surface area (Å²) < 4.78 is 18.3. The second kappa shape index (κ2) is 4.29. The maximum atomic E-state index is 13.5. The third-order valence-electron chi connectivity index (χ3n) is 2.17.